The van der Waals surface area contributed by atoms with E-state index in [9.17, 15) is 5.11 Å². The van der Waals surface area contributed by atoms with Gasteiger partial charge >= 0.3 is 0 Å². The van der Waals surface area contributed by atoms with E-state index in [1.165, 1.54) is 12.0 Å². The molecule has 118 valence electrons. The van der Waals surface area contributed by atoms with Gasteiger partial charge in [0.25, 0.3) is 0 Å². The molecule has 0 radical (unpaired) electrons. The van der Waals surface area contributed by atoms with Gasteiger partial charge in [0.1, 0.15) is 5.75 Å². The summed E-state index contributed by atoms with van der Waals surface area (Å²) in [5.74, 6) is 2.53. The van der Waals surface area contributed by atoms with Crippen LogP contribution in [-0.2, 0) is 6.54 Å². The van der Waals surface area contributed by atoms with Crippen LogP contribution < -0.4 is 4.74 Å². The highest BCUT2D eigenvalue weighted by Crippen LogP contribution is 2.34. The molecule has 1 fully saturated rings. The zero-order chi connectivity index (χ0) is 15.4. The highest BCUT2D eigenvalue weighted by molar-refractivity contribution is 5.28. The van der Waals surface area contributed by atoms with Crippen molar-refractivity contribution in [1.82, 2.24) is 4.90 Å². The second kappa shape index (κ2) is 7.28. The molecule has 0 amide bonds. The highest BCUT2D eigenvalue weighted by atomic mass is 16.5. The van der Waals surface area contributed by atoms with Gasteiger partial charge in [0, 0.05) is 19.0 Å². The van der Waals surface area contributed by atoms with Crippen LogP contribution in [0, 0.1) is 17.8 Å². The van der Waals surface area contributed by atoms with Gasteiger partial charge in [-0.05, 0) is 49.4 Å². The number of rotatable bonds is 5. The monoisotopic (exact) mass is 291 g/mol. The van der Waals surface area contributed by atoms with Gasteiger partial charge in [-0.3, -0.25) is 0 Å². The second-order valence-electron chi connectivity index (χ2n) is 6.83. The quantitative estimate of drug-likeness (QED) is 0.904. The van der Waals surface area contributed by atoms with Crippen molar-refractivity contribution in [1.29, 1.82) is 0 Å². The van der Waals surface area contributed by atoms with E-state index in [1.54, 1.807) is 7.11 Å². The lowest BCUT2D eigenvalue weighted by atomic mass is 9.73. The number of methoxy groups -OCH3 is 1. The maximum Gasteiger partial charge on any atom is 0.119 e. The molecule has 1 aromatic carbocycles. The molecule has 1 saturated carbocycles. The van der Waals surface area contributed by atoms with Gasteiger partial charge in [-0.1, -0.05) is 26.0 Å². The Hall–Kier alpha value is -1.06. The Balaban J connectivity index is 1.93. The molecule has 4 unspecified atom stereocenters. The largest absolute Gasteiger partial charge is 0.497 e. The van der Waals surface area contributed by atoms with Crippen molar-refractivity contribution in [2.45, 2.75) is 39.3 Å². The van der Waals surface area contributed by atoms with Gasteiger partial charge in [-0.2, -0.15) is 0 Å². The molecule has 0 saturated heterocycles. The lowest BCUT2D eigenvalue weighted by molar-refractivity contribution is 0.000589. The van der Waals surface area contributed by atoms with Crippen LogP contribution in [0.4, 0.5) is 0 Å². The van der Waals surface area contributed by atoms with Crippen LogP contribution in [-0.4, -0.2) is 36.8 Å². The summed E-state index contributed by atoms with van der Waals surface area (Å²) in [7, 11) is 3.83. The minimum Gasteiger partial charge on any atom is -0.497 e. The van der Waals surface area contributed by atoms with E-state index in [0.29, 0.717) is 17.8 Å². The fourth-order valence-corrected chi connectivity index (χ4v) is 3.68. The number of nitrogens with zero attached hydrogens (tertiary/aromatic N) is 1. The third kappa shape index (κ3) is 4.45. The molecule has 1 aliphatic carbocycles. The van der Waals surface area contributed by atoms with E-state index in [-0.39, 0.29) is 6.10 Å². The Morgan fingerprint density at radius 2 is 2.05 bits per heavy atom. The molecular formula is C18H29NO2. The Bertz CT molecular complexity index is 437. The molecule has 0 aromatic heterocycles. The average Bonchev–Trinajstić information content (AvgIpc) is 2.43. The van der Waals surface area contributed by atoms with Crippen LogP contribution in [0.3, 0.4) is 0 Å². The Morgan fingerprint density at radius 3 is 2.71 bits per heavy atom. The molecule has 2 rings (SSSR count). The summed E-state index contributed by atoms with van der Waals surface area (Å²) in [6, 6.07) is 8.21. The lowest BCUT2D eigenvalue weighted by Gasteiger charge is -2.39. The molecule has 1 aromatic rings. The van der Waals surface area contributed by atoms with Gasteiger partial charge in [0.05, 0.1) is 13.2 Å². The molecule has 3 heteroatoms. The first-order chi connectivity index (χ1) is 9.99. The minimum atomic E-state index is -0.156. The first-order valence-electron chi connectivity index (χ1n) is 7.99. The molecule has 0 bridgehead atoms. The lowest BCUT2D eigenvalue weighted by Crippen LogP contribution is -2.41. The van der Waals surface area contributed by atoms with Crippen LogP contribution in [0.2, 0.25) is 0 Å². The van der Waals surface area contributed by atoms with Crippen LogP contribution >= 0.6 is 0 Å². The van der Waals surface area contributed by atoms with Crippen molar-refractivity contribution in [2.75, 3.05) is 20.7 Å². The van der Waals surface area contributed by atoms with Crippen molar-refractivity contribution >= 4 is 0 Å². The number of hydrogen-bond acceptors (Lipinski definition) is 3. The summed E-state index contributed by atoms with van der Waals surface area (Å²) in [4.78, 5) is 2.31. The molecule has 1 N–H and O–H groups in total. The zero-order valence-corrected chi connectivity index (χ0v) is 13.7. The van der Waals surface area contributed by atoms with E-state index < -0.39 is 0 Å². The van der Waals surface area contributed by atoms with E-state index in [4.69, 9.17) is 4.74 Å². The summed E-state index contributed by atoms with van der Waals surface area (Å²) in [5, 5.41) is 10.4. The summed E-state index contributed by atoms with van der Waals surface area (Å²) in [6.07, 6.45) is 2.02. The van der Waals surface area contributed by atoms with Gasteiger partial charge in [-0.25, -0.2) is 0 Å². The van der Waals surface area contributed by atoms with E-state index in [0.717, 1.165) is 25.3 Å². The van der Waals surface area contributed by atoms with Crippen molar-refractivity contribution in [3.63, 3.8) is 0 Å². The van der Waals surface area contributed by atoms with Gasteiger partial charge in [0.2, 0.25) is 0 Å². The summed E-state index contributed by atoms with van der Waals surface area (Å²) in [6.45, 7) is 6.37. The summed E-state index contributed by atoms with van der Waals surface area (Å²) in [5.41, 5.74) is 1.25. The number of benzene rings is 1. The first-order valence-corrected chi connectivity index (χ1v) is 7.99. The smallest absolute Gasteiger partial charge is 0.119 e. The van der Waals surface area contributed by atoms with E-state index in [2.05, 4.69) is 37.9 Å². The number of aliphatic hydroxyl groups is 1. The zero-order valence-electron chi connectivity index (χ0n) is 13.7. The molecule has 21 heavy (non-hydrogen) atoms. The molecule has 0 spiro atoms. The maximum absolute atomic E-state index is 10.4. The van der Waals surface area contributed by atoms with Crippen LogP contribution in [0.5, 0.6) is 5.75 Å². The highest BCUT2D eigenvalue weighted by Gasteiger charge is 2.33. The van der Waals surface area contributed by atoms with Crippen molar-refractivity contribution < 1.29 is 9.84 Å². The fourth-order valence-electron chi connectivity index (χ4n) is 3.68. The van der Waals surface area contributed by atoms with Crippen LogP contribution in [0.15, 0.2) is 24.3 Å². The average molecular weight is 291 g/mol. The first kappa shape index (κ1) is 16.3. The summed E-state index contributed by atoms with van der Waals surface area (Å²) < 4.78 is 5.27. The topological polar surface area (TPSA) is 32.7 Å². The molecule has 1 aliphatic rings. The van der Waals surface area contributed by atoms with Crippen molar-refractivity contribution in [2.24, 2.45) is 17.8 Å². The van der Waals surface area contributed by atoms with Gasteiger partial charge < -0.3 is 14.7 Å². The SMILES string of the molecule is COc1cccc(CN(C)CC2C(C)CC(C)CC2O)c1. The molecule has 3 nitrogen and oxygen atoms in total. The second-order valence-corrected chi connectivity index (χ2v) is 6.83. The van der Waals surface area contributed by atoms with Crippen molar-refractivity contribution in [3.05, 3.63) is 29.8 Å². The standard InChI is InChI=1S/C18H29NO2/c1-13-8-14(2)17(18(20)9-13)12-19(3)11-15-6-5-7-16(10-15)21-4/h5-7,10,13-14,17-18,20H,8-9,11-12H2,1-4H3. The number of aliphatic hydroxyl groups excluding tert-OH is 1. The third-order valence-corrected chi connectivity index (χ3v) is 4.75. The normalized spacial score (nSPS) is 29.6. The summed E-state index contributed by atoms with van der Waals surface area (Å²) >= 11 is 0. The third-order valence-electron chi connectivity index (χ3n) is 4.75. The Labute approximate surface area is 128 Å². The van der Waals surface area contributed by atoms with Gasteiger partial charge in [-0.15, -0.1) is 0 Å². The molecule has 0 heterocycles. The Kier molecular flexibility index (Phi) is 5.65. The van der Waals surface area contributed by atoms with Crippen molar-refractivity contribution in [3.8, 4) is 5.75 Å². The van der Waals surface area contributed by atoms with E-state index in [1.807, 2.05) is 12.1 Å². The number of ether oxygens (including phenoxy) is 1. The minimum absolute atomic E-state index is 0.156. The predicted octanol–water partition coefficient (Wildman–Crippen LogP) is 3.17. The molecule has 4 atom stereocenters. The fraction of sp³-hybridized carbons (Fsp3) is 0.667. The molecule has 0 aliphatic heterocycles. The van der Waals surface area contributed by atoms with Crippen LogP contribution in [0.25, 0.3) is 0 Å². The van der Waals surface area contributed by atoms with Crippen LogP contribution in [0.1, 0.15) is 32.3 Å². The van der Waals surface area contributed by atoms with E-state index >= 15 is 0 Å². The Morgan fingerprint density at radius 1 is 1.29 bits per heavy atom. The predicted molar refractivity (Wildman–Crippen MR) is 86.4 cm³/mol. The maximum atomic E-state index is 10.4. The molecular weight excluding hydrogens is 262 g/mol. The number of hydrogen-bond donors (Lipinski definition) is 1. The van der Waals surface area contributed by atoms with Gasteiger partial charge in [0.15, 0.2) is 0 Å².